The number of hydrogen-bond donors (Lipinski definition) is 0. The highest BCUT2D eigenvalue weighted by atomic mass is 79.9. The Balaban J connectivity index is 2.32. The van der Waals surface area contributed by atoms with Gasteiger partial charge in [-0.3, -0.25) is 4.79 Å². The molecule has 0 fully saturated rings. The lowest BCUT2D eigenvalue weighted by Gasteiger charge is -2.05. The molecule has 0 aliphatic heterocycles. The highest BCUT2D eigenvalue weighted by Crippen LogP contribution is 2.32. The predicted molar refractivity (Wildman–Crippen MR) is 90.8 cm³/mol. The van der Waals surface area contributed by atoms with Crippen LogP contribution in [0.4, 0.5) is 0 Å². The van der Waals surface area contributed by atoms with Gasteiger partial charge in [0.15, 0.2) is 5.43 Å². The van der Waals surface area contributed by atoms with Gasteiger partial charge in [-0.15, -0.1) is 11.3 Å². The fraction of sp³-hybridized carbons (Fsp3) is 0. The molecule has 0 saturated carbocycles. The van der Waals surface area contributed by atoms with Gasteiger partial charge in [-0.2, -0.15) is 0 Å². The molecule has 0 amide bonds. The molecule has 0 spiro atoms. The first-order valence-electron chi connectivity index (χ1n) is 6.28. The van der Waals surface area contributed by atoms with Crippen LogP contribution in [-0.4, -0.2) is 0 Å². The third-order valence-corrected chi connectivity index (χ3v) is 5.22. The van der Waals surface area contributed by atoms with Gasteiger partial charge in [-0.05, 0) is 35.0 Å². The van der Waals surface area contributed by atoms with Crippen LogP contribution in [0.5, 0.6) is 0 Å². The van der Waals surface area contributed by atoms with Gasteiger partial charge in [0, 0.05) is 24.6 Å². The van der Waals surface area contributed by atoms with Crippen LogP contribution < -0.4 is 5.43 Å². The molecule has 0 bridgehead atoms. The maximum Gasteiger partial charge on any atom is 0.195 e. The van der Waals surface area contributed by atoms with E-state index in [4.69, 9.17) is 0 Å². The van der Waals surface area contributed by atoms with Crippen LogP contribution in [0.25, 0.3) is 30.9 Å². The molecule has 96 valence electrons. The molecule has 1 nitrogen and oxygen atoms in total. The Morgan fingerprint density at radius 1 is 0.850 bits per heavy atom. The zero-order valence-electron chi connectivity index (χ0n) is 10.4. The van der Waals surface area contributed by atoms with Crippen molar-refractivity contribution in [3.63, 3.8) is 0 Å². The van der Waals surface area contributed by atoms with Crippen molar-refractivity contribution in [2.24, 2.45) is 0 Å². The van der Waals surface area contributed by atoms with E-state index in [0.717, 1.165) is 30.0 Å². The fourth-order valence-electron chi connectivity index (χ4n) is 2.56. The normalized spacial score (nSPS) is 11.4. The number of halogens is 1. The largest absolute Gasteiger partial charge is 0.289 e. The van der Waals surface area contributed by atoms with Gasteiger partial charge in [0.1, 0.15) is 0 Å². The van der Waals surface area contributed by atoms with Gasteiger partial charge >= 0.3 is 0 Å². The van der Waals surface area contributed by atoms with Crippen LogP contribution in [-0.2, 0) is 0 Å². The zero-order chi connectivity index (χ0) is 13.7. The molecule has 3 aromatic carbocycles. The van der Waals surface area contributed by atoms with Gasteiger partial charge in [-0.25, -0.2) is 0 Å². The zero-order valence-corrected chi connectivity index (χ0v) is 12.8. The average Bonchev–Trinajstić information content (AvgIpc) is 2.47. The lowest BCUT2D eigenvalue weighted by molar-refractivity contribution is 1.72. The Morgan fingerprint density at radius 2 is 1.65 bits per heavy atom. The minimum atomic E-state index is 0.118. The summed E-state index contributed by atoms with van der Waals surface area (Å²) in [6.07, 6.45) is 0. The van der Waals surface area contributed by atoms with Gasteiger partial charge in [0.2, 0.25) is 0 Å². The lowest BCUT2D eigenvalue weighted by Crippen LogP contribution is -2.00. The van der Waals surface area contributed by atoms with Crippen LogP contribution in [0.2, 0.25) is 0 Å². The summed E-state index contributed by atoms with van der Waals surface area (Å²) in [5.41, 5.74) is 0.118. The number of hydrogen-bond acceptors (Lipinski definition) is 2. The summed E-state index contributed by atoms with van der Waals surface area (Å²) in [4.78, 5) is 12.6. The Labute approximate surface area is 127 Å². The SMILES string of the molecule is O=c1c2ccc(Br)cc2sc2c1ccc1ccccc12. The topological polar surface area (TPSA) is 17.1 Å². The first-order valence-corrected chi connectivity index (χ1v) is 7.89. The first kappa shape index (κ1) is 12.1. The third-order valence-electron chi connectivity index (χ3n) is 3.52. The molecule has 3 heteroatoms. The third kappa shape index (κ3) is 1.70. The number of fused-ring (bicyclic) bond motifs is 4. The van der Waals surface area contributed by atoms with Crippen LogP contribution >= 0.6 is 27.3 Å². The van der Waals surface area contributed by atoms with Gasteiger partial charge in [0.25, 0.3) is 0 Å². The summed E-state index contributed by atoms with van der Waals surface area (Å²) in [5.74, 6) is 0. The molecular weight excluding hydrogens is 332 g/mol. The molecule has 1 aromatic heterocycles. The maximum atomic E-state index is 12.6. The van der Waals surface area contributed by atoms with Crippen molar-refractivity contribution in [3.8, 4) is 0 Å². The molecule has 1 heterocycles. The Hall–Kier alpha value is -1.71. The minimum absolute atomic E-state index is 0.118. The van der Waals surface area contributed by atoms with Crippen LogP contribution in [0.3, 0.4) is 0 Å². The van der Waals surface area contributed by atoms with E-state index in [2.05, 4.69) is 28.1 Å². The van der Waals surface area contributed by atoms with Crippen molar-refractivity contribution in [2.75, 3.05) is 0 Å². The summed E-state index contributed by atoms with van der Waals surface area (Å²) < 4.78 is 3.09. The van der Waals surface area contributed by atoms with Gasteiger partial charge in [-0.1, -0.05) is 46.3 Å². The molecule has 0 saturated heterocycles. The van der Waals surface area contributed by atoms with Crippen molar-refractivity contribution in [1.29, 1.82) is 0 Å². The van der Waals surface area contributed by atoms with Crippen molar-refractivity contribution in [2.45, 2.75) is 0 Å². The average molecular weight is 341 g/mol. The van der Waals surface area contributed by atoms with E-state index in [-0.39, 0.29) is 5.43 Å². The molecule has 0 aliphatic carbocycles. The molecule has 4 aromatic rings. The summed E-state index contributed by atoms with van der Waals surface area (Å²) >= 11 is 5.15. The van der Waals surface area contributed by atoms with E-state index in [1.165, 1.54) is 5.39 Å². The molecule has 0 atom stereocenters. The smallest absolute Gasteiger partial charge is 0.195 e. The quantitative estimate of drug-likeness (QED) is 0.312. The van der Waals surface area contributed by atoms with Gasteiger partial charge < -0.3 is 0 Å². The Bertz CT molecular complexity index is 1030. The lowest BCUT2D eigenvalue weighted by atomic mass is 10.1. The monoisotopic (exact) mass is 340 g/mol. The summed E-state index contributed by atoms with van der Waals surface area (Å²) in [5, 5.41) is 3.92. The Kier molecular flexibility index (Phi) is 2.65. The second-order valence-corrected chi connectivity index (χ2v) is 6.70. The summed E-state index contributed by atoms with van der Waals surface area (Å²) in [6.45, 7) is 0. The van der Waals surface area contributed by atoms with E-state index in [1.807, 2.05) is 42.5 Å². The number of benzene rings is 3. The van der Waals surface area contributed by atoms with Crippen LogP contribution in [0.15, 0.2) is 63.9 Å². The molecule has 0 radical (unpaired) electrons. The van der Waals surface area contributed by atoms with E-state index >= 15 is 0 Å². The molecule has 20 heavy (non-hydrogen) atoms. The second-order valence-electron chi connectivity index (χ2n) is 4.74. The van der Waals surface area contributed by atoms with Crippen molar-refractivity contribution in [3.05, 3.63) is 69.3 Å². The van der Waals surface area contributed by atoms with E-state index in [0.29, 0.717) is 0 Å². The predicted octanol–water partition coefficient (Wildman–Crippen LogP) is 5.33. The van der Waals surface area contributed by atoms with Crippen LogP contribution in [0, 0.1) is 0 Å². The first-order chi connectivity index (χ1) is 9.74. The molecule has 4 rings (SSSR count). The molecule has 0 unspecified atom stereocenters. The highest BCUT2D eigenvalue weighted by molar-refractivity contribution is 9.10. The molecular formula is C17H9BrOS. The maximum absolute atomic E-state index is 12.6. The number of rotatable bonds is 0. The van der Waals surface area contributed by atoms with Crippen molar-refractivity contribution < 1.29 is 0 Å². The minimum Gasteiger partial charge on any atom is -0.289 e. The summed E-state index contributed by atoms with van der Waals surface area (Å²) in [7, 11) is 0. The van der Waals surface area contributed by atoms with E-state index in [1.54, 1.807) is 11.3 Å². The van der Waals surface area contributed by atoms with Crippen LogP contribution in [0.1, 0.15) is 0 Å². The standard InChI is InChI=1S/C17H9BrOS/c18-11-6-8-13-15(9-11)20-17-12-4-2-1-3-10(12)5-7-14(17)16(13)19/h1-9H. The van der Waals surface area contributed by atoms with Crippen molar-refractivity contribution >= 4 is 58.2 Å². The highest BCUT2D eigenvalue weighted by Gasteiger charge is 2.08. The van der Waals surface area contributed by atoms with Crippen molar-refractivity contribution in [1.82, 2.24) is 0 Å². The molecule has 0 aliphatic rings. The Morgan fingerprint density at radius 3 is 2.55 bits per heavy atom. The molecule has 0 N–H and O–H groups in total. The second kappa shape index (κ2) is 4.40. The van der Waals surface area contributed by atoms with E-state index < -0.39 is 0 Å². The van der Waals surface area contributed by atoms with E-state index in [9.17, 15) is 4.79 Å². The summed E-state index contributed by atoms with van der Waals surface area (Å²) in [6, 6.07) is 18.0. The van der Waals surface area contributed by atoms with Gasteiger partial charge in [0.05, 0.1) is 0 Å². The fourth-order valence-corrected chi connectivity index (χ4v) is 4.31.